The Bertz CT molecular complexity index is 951. The molecule has 0 aliphatic rings. The molecule has 0 fully saturated rings. The topological polar surface area (TPSA) is 90.0 Å². The Morgan fingerprint density at radius 1 is 1.06 bits per heavy atom. The third kappa shape index (κ3) is 6.51. The van der Waals surface area contributed by atoms with E-state index in [1.807, 2.05) is 36.4 Å². The summed E-state index contributed by atoms with van der Waals surface area (Å²) < 4.78 is 13.3. The molecule has 4 N–H and O–H groups in total. The van der Waals surface area contributed by atoms with Gasteiger partial charge in [0.1, 0.15) is 12.8 Å². The summed E-state index contributed by atoms with van der Waals surface area (Å²) in [5.74, 6) is -0.749. The number of imidazole rings is 1. The second kappa shape index (κ2) is 11.2. The van der Waals surface area contributed by atoms with Crippen molar-refractivity contribution in [3.63, 3.8) is 0 Å². The Hall–Kier alpha value is -2.45. The summed E-state index contributed by atoms with van der Waals surface area (Å²) in [5.41, 5.74) is 4.62. The number of aliphatic hydroxyl groups excluding tert-OH is 1. The molecule has 164 valence electrons. The summed E-state index contributed by atoms with van der Waals surface area (Å²) in [6, 6.07) is 14.1. The van der Waals surface area contributed by atoms with Crippen LogP contribution in [-0.4, -0.2) is 38.5 Å². The molecule has 2 unspecified atom stereocenters. The summed E-state index contributed by atoms with van der Waals surface area (Å²) in [6.07, 6.45) is 2.21. The van der Waals surface area contributed by atoms with Gasteiger partial charge in [-0.2, -0.15) is 0 Å². The number of hydrogen-bond donors (Lipinski definition) is 4. The number of benzene rings is 2. The number of carbonyl (C=O) groups is 1. The van der Waals surface area contributed by atoms with Crippen LogP contribution in [0.25, 0.3) is 11.1 Å². The number of rotatable bonds is 10. The third-order valence-electron chi connectivity index (χ3n) is 4.81. The Morgan fingerprint density at radius 3 is 2.26 bits per heavy atom. The van der Waals surface area contributed by atoms with Crippen LogP contribution in [-0.2, 0) is 17.9 Å². The fourth-order valence-corrected chi connectivity index (χ4v) is 3.22. The number of aromatic nitrogens is 2. The molecule has 2 aromatic carbocycles. The molecule has 3 rings (SSSR count). The van der Waals surface area contributed by atoms with Crippen LogP contribution < -0.4 is 10.6 Å². The van der Waals surface area contributed by atoms with Crippen LogP contribution >= 0.6 is 23.2 Å². The second-order valence-electron chi connectivity index (χ2n) is 7.01. The van der Waals surface area contributed by atoms with Gasteiger partial charge in [-0.3, -0.25) is 4.79 Å². The summed E-state index contributed by atoms with van der Waals surface area (Å²) in [6.45, 7) is 0.486. The quantitative estimate of drug-likeness (QED) is 0.344. The molecule has 0 saturated heterocycles. The molecule has 0 aliphatic heterocycles. The van der Waals surface area contributed by atoms with Crippen LogP contribution in [0.2, 0.25) is 0 Å². The number of amides is 1. The fourth-order valence-electron chi connectivity index (χ4n) is 3.09. The second-order valence-corrected chi connectivity index (χ2v) is 8.11. The molecule has 0 spiro atoms. The average molecular weight is 465 g/mol. The Morgan fingerprint density at radius 2 is 1.71 bits per heavy atom. The van der Waals surface area contributed by atoms with Gasteiger partial charge >= 0.3 is 0 Å². The molecule has 31 heavy (non-hydrogen) atoms. The monoisotopic (exact) mass is 464 g/mol. The van der Waals surface area contributed by atoms with Crippen LogP contribution in [0.3, 0.4) is 0 Å². The molecule has 1 amide bonds. The normalized spacial score (nSPS) is 13.2. The highest BCUT2D eigenvalue weighted by Gasteiger charge is 2.25. The van der Waals surface area contributed by atoms with Crippen molar-refractivity contribution in [1.29, 1.82) is 0 Å². The molecular formula is C22H23Cl2FN4O2. The molecular weight excluding hydrogens is 442 g/mol. The zero-order chi connectivity index (χ0) is 22.2. The SMILES string of the molecule is O=C(NC(CF)C(O)c1ccc(-c2ccc(CNCc3cnc[nH]3)cc2)cc1)C(Cl)Cl. The maximum atomic E-state index is 13.3. The van der Waals surface area contributed by atoms with Crippen LogP contribution in [0.1, 0.15) is 22.9 Å². The number of halogens is 3. The third-order valence-corrected chi connectivity index (χ3v) is 5.21. The highest BCUT2D eigenvalue weighted by Crippen LogP contribution is 2.24. The summed E-state index contributed by atoms with van der Waals surface area (Å²) in [7, 11) is 0. The highest BCUT2D eigenvalue weighted by atomic mass is 35.5. The number of aliphatic hydroxyl groups is 1. The predicted molar refractivity (Wildman–Crippen MR) is 119 cm³/mol. The minimum absolute atomic E-state index is 0.479. The maximum Gasteiger partial charge on any atom is 0.253 e. The minimum Gasteiger partial charge on any atom is -0.386 e. The number of alkyl halides is 3. The van der Waals surface area contributed by atoms with Crippen molar-refractivity contribution in [2.45, 2.75) is 30.1 Å². The van der Waals surface area contributed by atoms with E-state index in [9.17, 15) is 14.3 Å². The van der Waals surface area contributed by atoms with Crippen molar-refractivity contribution in [3.8, 4) is 11.1 Å². The van der Waals surface area contributed by atoms with E-state index in [0.29, 0.717) is 12.1 Å². The van der Waals surface area contributed by atoms with Gasteiger partial charge in [0, 0.05) is 25.0 Å². The van der Waals surface area contributed by atoms with E-state index in [1.165, 1.54) is 0 Å². The first-order valence-electron chi connectivity index (χ1n) is 9.67. The first kappa shape index (κ1) is 23.2. The Balaban J connectivity index is 1.59. The molecule has 0 saturated carbocycles. The van der Waals surface area contributed by atoms with Crippen LogP contribution in [0.4, 0.5) is 4.39 Å². The average Bonchev–Trinajstić information content (AvgIpc) is 3.31. The molecule has 2 atom stereocenters. The first-order chi connectivity index (χ1) is 15.0. The van der Waals surface area contributed by atoms with Crippen molar-refractivity contribution in [2.24, 2.45) is 0 Å². The van der Waals surface area contributed by atoms with Gasteiger partial charge in [-0.1, -0.05) is 71.7 Å². The van der Waals surface area contributed by atoms with E-state index < -0.39 is 29.6 Å². The van der Waals surface area contributed by atoms with Gasteiger partial charge in [0.15, 0.2) is 4.84 Å². The number of nitrogens with one attached hydrogen (secondary N) is 3. The Kier molecular flexibility index (Phi) is 8.43. The van der Waals surface area contributed by atoms with Crippen LogP contribution in [0.5, 0.6) is 0 Å². The van der Waals surface area contributed by atoms with Crippen molar-refractivity contribution < 1.29 is 14.3 Å². The van der Waals surface area contributed by atoms with Crippen molar-refractivity contribution in [3.05, 3.63) is 77.9 Å². The lowest BCUT2D eigenvalue weighted by atomic mass is 9.98. The van der Waals surface area contributed by atoms with Gasteiger partial charge in [0.25, 0.3) is 5.91 Å². The molecule has 1 heterocycles. The number of H-pyrrole nitrogens is 1. The van der Waals surface area contributed by atoms with Crippen molar-refractivity contribution in [1.82, 2.24) is 20.6 Å². The van der Waals surface area contributed by atoms with Crippen molar-refractivity contribution >= 4 is 29.1 Å². The van der Waals surface area contributed by atoms with Gasteiger partial charge < -0.3 is 20.7 Å². The van der Waals surface area contributed by atoms with Crippen LogP contribution in [0, 0.1) is 0 Å². The first-order valence-corrected chi connectivity index (χ1v) is 10.5. The largest absolute Gasteiger partial charge is 0.386 e. The van der Waals surface area contributed by atoms with E-state index in [4.69, 9.17) is 23.2 Å². The van der Waals surface area contributed by atoms with Gasteiger partial charge in [0.05, 0.1) is 12.4 Å². The fraction of sp³-hybridized carbons (Fsp3) is 0.273. The smallest absolute Gasteiger partial charge is 0.253 e. The number of nitrogens with zero attached hydrogens (tertiary/aromatic N) is 1. The zero-order valence-corrected chi connectivity index (χ0v) is 18.1. The number of hydrogen-bond acceptors (Lipinski definition) is 4. The lowest BCUT2D eigenvalue weighted by molar-refractivity contribution is -0.121. The minimum atomic E-state index is -1.33. The van der Waals surface area contributed by atoms with Gasteiger partial charge in [-0.25, -0.2) is 9.37 Å². The predicted octanol–water partition coefficient (Wildman–Crippen LogP) is 3.66. The molecule has 9 heteroatoms. The number of carbonyl (C=O) groups excluding carboxylic acids is 1. The van der Waals surface area contributed by atoms with E-state index >= 15 is 0 Å². The summed E-state index contributed by atoms with van der Waals surface area (Å²) in [4.78, 5) is 17.3. The summed E-state index contributed by atoms with van der Waals surface area (Å²) >= 11 is 10.9. The number of aromatic amines is 1. The molecule has 0 radical (unpaired) electrons. The van der Waals surface area contributed by atoms with Gasteiger partial charge in [0.2, 0.25) is 0 Å². The van der Waals surface area contributed by atoms with E-state index in [-0.39, 0.29) is 0 Å². The molecule has 3 aromatic rings. The Labute approximate surface area is 189 Å². The van der Waals surface area contributed by atoms with E-state index in [1.54, 1.807) is 24.7 Å². The van der Waals surface area contributed by atoms with E-state index in [2.05, 4.69) is 20.6 Å². The lowest BCUT2D eigenvalue weighted by Crippen LogP contribution is -2.43. The zero-order valence-electron chi connectivity index (χ0n) is 16.6. The molecule has 6 nitrogen and oxygen atoms in total. The lowest BCUT2D eigenvalue weighted by Gasteiger charge is -2.22. The highest BCUT2D eigenvalue weighted by molar-refractivity contribution is 6.53. The summed E-state index contributed by atoms with van der Waals surface area (Å²) in [5, 5.41) is 16.1. The van der Waals surface area contributed by atoms with Crippen molar-refractivity contribution in [2.75, 3.05) is 6.67 Å². The van der Waals surface area contributed by atoms with Gasteiger partial charge in [-0.05, 0) is 22.3 Å². The van der Waals surface area contributed by atoms with Crippen LogP contribution in [0.15, 0.2) is 61.1 Å². The maximum absolute atomic E-state index is 13.3. The van der Waals surface area contributed by atoms with Gasteiger partial charge in [-0.15, -0.1) is 0 Å². The molecule has 0 bridgehead atoms. The van der Waals surface area contributed by atoms with E-state index in [0.717, 1.165) is 28.9 Å². The molecule has 1 aromatic heterocycles. The molecule has 0 aliphatic carbocycles. The standard InChI is InChI=1S/C22H23Cl2FN4O2/c23-21(24)22(31)29-19(9-25)20(30)17-7-5-16(6-8-17)15-3-1-14(2-4-15)10-26-11-18-12-27-13-28-18/h1-8,12-13,19-21,26,30H,9-11H2,(H,27,28)(H,29,31).